The molecule has 1 aliphatic carbocycles. The molecule has 1 saturated carbocycles. The molecule has 1 aliphatic rings. The summed E-state index contributed by atoms with van der Waals surface area (Å²) in [4.78, 5) is 33.0. The van der Waals surface area contributed by atoms with Crippen molar-refractivity contribution in [1.82, 2.24) is 14.5 Å². The summed E-state index contributed by atoms with van der Waals surface area (Å²) in [6, 6.07) is 7.29. The predicted molar refractivity (Wildman–Crippen MR) is 118 cm³/mol. The summed E-state index contributed by atoms with van der Waals surface area (Å²) in [6.07, 6.45) is 3.59. The number of aromatic nitrogens is 3. The van der Waals surface area contributed by atoms with Crippen LogP contribution in [0.3, 0.4) is 0 Å². The van der Waals surface area contributed by atoms with Crippen molar-refractivity contribution in [1.29, 1.82) is 5.41 Å². The number of nitrogens with one attached hydrogen (secondary N) is 2. The summed E-state index contributed by atoms with van der Waals surface area (Å²) in [7, 11) is 1.66. The summed E-state index contributed by atoms with van der Waals surface area (Å²) < 4.78 is 6.77. The van der Waals surface area contributed by atoms with E-state index in [-0.39, 0.29) is 17.7 Å². The van der Waals surface area contributed by atoms with Crippen LogP contribution in [0, 0.1) is 24.2 Å². The lowest BCUT2D eigenvalue weighted by Crippen LogP contribution is -2.15. The summed E-state index contributed by atoms with van der Waals surface area (Å²) >= 11 is 0. The molecule has 1 aromatic carbocycles. The van der Waals surface area contributed by atoms with Crippen molar-refractivity contribution in [2.24, 2.45) is 18.9 Å². The molecule has 5 rings (SSSR count). The Morgan fingerprint density at radius 1 is 1.35 bits per heavy atom. The minimum Gasteiger partial charge on any atom is -0.408 e. The zero-order chi connectivity index (χ0) is 21.9. The van der Waals surface area contributed by atoms with Gasteiger partial charge in [0.1, 0.15) is 11.6 Å². The van der Waals surface area contributed by atoms with Gasteiger partial charge in [-0.15, -0.1) is 0 Å². The molecule has 0 spiro atoms. The maximum Gasteiger partial charge on any atom is 0.419 e. The lowest BCUT2D eigenvalue weighted by atomic mass is 10.0. The zero-order valence-electron chi connectivity index (χ0n) is 17.0. The van der Waals surface area contributed by atoms with Crippen LogP contribution in [0.2, 0.25) is 0 Å². The number of hydrogen-bond acceptors (Lipinski definition) is 7. The van der Waals surface area contributed by atoms with Crippen LogP contribution in [0.4, 0.5) is 11.6 Å². The lowest BCUT2D eigenvalue weighted by molar-refractivity contribution is -0.117. The molecule has 1 fully saturated rings. The largest absolute Gasteiger partial charge is 0.419 e. The van der Waals surface area contributed by atoms with Gasteiger partial charge in [-0.2, -0.15) is 0 Å². The predicted octanol–water partition coefficient (Wildman–Crippen LogP) is 2.86. The second-order valence-corrected chi connectivity index (χ2v) is 7.91. The van der Waals surface area contributed by atoms with Gasteiger partial charge in [0.2, 0.25) is 5.91 Å². The van der Waals surface area contributed by atoms with Gasteiger partial charge >= 0.3 is 5.76 Å². The fourth-order valence-electron chi connectivity index (χ4n) is 3.85. The van der Waals surface area contributed by atoms with E-state index in [1.165, 1.54) is 10.8 Å². The molecule has 156 valence electrons. The molecular formula is C22H20N6O3. The monoisotopic (exact) mass is 416 g/mol. The molecule has 1 amide bonds. The average molecular weight is 416 g/mol. The van der Waals surface area contributed by atoms with E-state index < -0.39 is 5.76 Å². The third-order valence-electron chi connectivity index (χ3n) is 5.80. The van der Waals surface area contributed by atoms with Crippen molar-refractivity contribution in [2.45, 2.75) is 13.3 Å². The Kier molecular flexibility index (Phi) is 4.14. The molecular weight excluding hydrogens is 396 g/mol. The number of oxazole rings is 1. The van der Waals surface area contributed by atoms with Crippen molar-refractivity contribution in [3.63, 3.8) is 0 Å². The van der Waals surface area contributed by atoms with Gasteiger partial charge in [-0.3, -0.25) is 9.36 Å². The van der Waals surface area contributed by atoms with Gasteiger partial charge in [-0.1, -0.05) is 0 Å². The van der Waals surface area contributed by atoms with Crippen molar-refractivity contribution >= 4 is 45.6 Å². The van der Waals surface area contributed by atoms with E-state index in [1.807, 2.05) is 19.1 Å². The van der Waals surface area contributed by atoms with Crippen molar-refractivity contribution < 1.29 is 9.21 Å². The Labute approximate surface area is 176 Å². The molecule has 4 N–H and O–H groups in total. The van der Waals surface area contributed by atoms with Gasteiger partial charge in [0, 0.05) is 36.0 Å². The highest BCUT2D eigenvalue weighted by Gasteiger charge is 2.41. The topological polar surface area (TPSA) is 140 Å². The SMILES string of the molecule is Cc1cc2c(cc1-c1cc3cc(NC(=O)[C@@H]4C[C@H]4C=N)ncc3c(N)n1)oc(=O)n2C. The molecule has 4 aromatic rings. The molecule has 0 unspecified atom stereocenters. The van der Waals surface area contributed by atoms with Crippen LogP contribution in [0.1, 0.15) is 12.0 Å². The number of benzene rings is 1. The zero-order valence-corrected chi connectivity index (χ0v) is 17.0. The van der Waals surface area contributed by atoms with Crippen LogP contribution in [0.5, 0.6) is 0 Å². The second-order valence-electron chi connectivity index (χ2n) is 7.91. The highest BCUT2D eigenvalue weighted by atomic mass is 16.4. The van der Waals surface area contributed by atoms with E-state index >= 15 is 0 Å². The van der Waals surface area contributed by atoms with Crippen LogP contribution in [-0.4, -0.2) is 26.7 Å². The number of aryl methyl sites for hydroxylation is 2. The van der Waals surface area contributed by atoms with E-state index in [1.54, 1.807) is 25.4 Å². The molecule has 9 nitrogen and oxygen atoms in total. The summed E-state index contributed by atoms with van der Waals surface area (Å²) in [5.41, 5.74) is 9.72. The Balaban J connectivity index is 1.56. The number of amides is 1. The van der Waals surface area contributed by atoms with Crippen LogP contribution < -0.4 is 16.8 Å². The van der Waals surface area contributed by atoms with E-state index in [4.69, 9.17) is 15.6 Å². The van der Waals surface area contributed by atoms with Gasteiger partial charge < -0.3 is 20.9 Å². The highest BCUT2D eigenvalue weighted by molar-refractivity contribution is 6.00. The number of nitrogen functional groups attached to an aromatic ring is 1. The number of hydrogen-bond donors (Lipinski definition) is 3. The first-order valence-electron chi connectivity index (χ1n) is 9.84. The maximum atomic E-state index is 12.3. The van der Waals surface area contributed by atoms with Gasteiger partial charge in [0.25, 0.3) is 0 Å². The number of anilines is 2. The maximum absolute atomic E-state index is 12.3. The number of pyridine rings is 2. The third kappa shape index (κ3) is 3.14. The van der Waals surface area contributed by atoms with E-state index in [0.717, 1.165) is 16.5 Å². The van der Waals surface area contributed by atoms with Crippen molar-refractivity contribution in [3.8, 4) is 11.3 Å². The van der Waals surface area contributed by atoms with Gasteiger partial charge in [0.15, 0.2) is 5.58 Å². The quantitative estimate of drug-likeness (QED) is 0.437. The number of rotatable bonds is 4. The fourth-order valence-corrected chi connectivity index (χ4v) is 3.85. The summed E-state index contributed by atoms with van der Waals surface area (Å²) in [6.45, 7) is 1.93. The van der Waals surface area contributed by atoms with Gasteiger partial charge in [-0.05, 0) is 54.8 Å². The Morgan fingerprint density at radius 2 is 2.16 bits per heavy atom. The standard InChI is InChI=1S/C22H20N6O3/c1-10-3-17-18(31-22(30)28(17)2)7-13(10)16-5-11-6-19(25-9-15(11)20(24)26-16)27-21(29)14-4-12(14)8-23/h3,5-9,12,14,23H,4H2,1-2H3,(H2,24,26)(H,25,27,29)/t12-,14+/m0/s1. The van der Waals surface area contributed by atoms with E-state index in [9.17, 15) is 9.59 Å². The minimum absolute atomic E-state index is 0.0165. The van der Waals surface area contributed by atoms with Gasteiger partial charge in [0.05, 0.1) is 11.2 Å². The number of nitrogens with two attached hydrogens (primary N) is 1. The highest BCUT2D eigenvalue weighted by Crippen LogP contribution is 2.37. The molecule has 0 saturated heterocycles. The fraction of sp³-hybridized carbons (Fsp3) is 0.227. The number of carbonyl (C=O) groups is 1. The lowest BCUT2D eigenvalue weighted by Gasteiger charge is -2.10. The van der Waals surface area contributed by atoms with Crippen LogP contribution in [0.15, 0.2) is 39.7 Å². The van der Waals surface area contributed by atoms with Crippen LogP contribution in [-0.2, 0) is 11.8 Å². The third-order valence-corrected chi connectivity index (χ3v) is 5.80. The van der Waals surface area contributed by atoms with Crippen molar-refractivity contribution in [2.75, 3.05) is 11.1 Å². The Bertz CT molecular complexity index is 1450. The molecule has 0 aliphatic heterocycles. The number of nitrogens with zero attached hydrogens (tertiary/aromatic N) is 3. The molecule has 0 bridgehead atoms. The summed E-state index contributed by atoms with van der Waals surface area (Å²) in [5.74, 6) is 0.0302. The molecule has 31 heavy (non-hydrogen) atoms. The van der Waals surface area contributed by atoms with Crippen molar-refractivity contribution in [3.05, 3.63) is 46.6 Å². The van der Waals surface area contributed by atoms with E-state index in [2.05, 4.69) is 15.3 Å². The first-order valence-corrected chi connectivity index (χ1v) is 9.84. The second kappa shape index (κ2) is 6.76. The minimum atomic E-state index is -0.426. The first-order chi connectivity index (χ1) is 14.9. The summed E-state index contributed by atoms with van der Waals surface area (Å²) in [5, 5.41) is 11.5. The molecule has 2 atom stereocenters. The van der Waals surface area contributed by atoms with Gasteiger partial charge in [-0.25, -0.2) is 14.8 Å². The normalized spacial score (nSPS) is 17.7. The Hall–Kier alpha value is -4.01. The smallest absolute Gasteiger partial charge is 0.408 e. The molecule has 0 radical (unpaired) electrons. The molecule has 3 heterocycles. The molecule has 9 heteroatoms. The molecule has 3 aromatic heterocycles. The van der Waals surface area contributed by atoms with Crippen LogP contribution in [0.25, 0.3) is 33.1 Å². The van der Waals surface area contributed by atoms with Crippen LogP contribution >= 0.6 is 0 Å². The number of carbonyl (C=O) groups excluding carboxylic acids is 1. The average Bonchev–Trinajstić information content (AvgIpc) is 3.48. The Morgan fingerprint density at radius 3 is 2.90 bits per heavy atom. The first kappa shape index (κ1) is 19.0. The number of fused-ring (bicyclic) bond motifs is 2. The van der Waals surface area contributed by atoms with E-state index in [0.29, 0.717) is 40.2 Å².